The number of carboxylic acid groups (broad SMARTS) is 1. The summed E-state index contributed by atoms with van der Waals surface area (Å²) in [6.45, 7) is 4.55. The van der Waals surface area contributed by atoms with Gasteiger partial charge in [0.1, 0.15) is 11.7 Å². The van der Waals surface area contributed by atoms with Crippen LogP contribution in [0.1, 0.15) is 38.2 Å². The molecule has 1 aromatic rings. The lowest BCUT2D eigenvalue weighted by atomic mass is 10.0. The molecule has 0 heterocycles. The first kappa shape index (κ1) is 15.5. The van der Waals surface area contributed by atoms with Gasteiger partial charge in [-0.25, -0.2) is 0 Å². The van der Waals surface area contributed by atoms with Gasteiger partial charge in [-0.1, -0.05) is 32.4 Å². The molecule has 0 aliphatic rings. The molecule has 2 N–H and O–H groups in total. The minimum Gasteiger partial charge on any atom is -0.493 e. The second kappa shape index (κ2) is 7.79. The molecule has 2 unspecified atom stereocenters. The molecule has 0 saturated heterocycles. The Balaban J connectivity index is 2.58. The minimum absolute atomic E-state index is 0.400. The highest BCUT2D eigenvalue weighted by molar-refractivity contribution is 5.76. The number of aliphatic hydroxyl groups is 1. The predicted molar refractivity (Wildman–Crippen MR) is 73.5 cm³/mol. The van der Waals surface area contributed by atoms with E-state index in [1.165, 1.54) is 0 Å². The van der Waals surface area contributed by atoms with Gasteiger partial charge in [0, 0.05) is 0 Å². The highest BCUT2D eigenvalue weighted by Gasteiger charge is 2.18. The van der Waals surface area contributed by atoms with Crippen molar-refractivity contribution in [3.05, 3.63) is 29.8 Å². The van der Waals surface area contributed by atoms with Crippen molar-refractivity contribution in [3.8, 4) is 5.75 Å². The molecule has 0 amide bonds. The third-order valence-electron chi connectivity index (χ3n) is 3.08. The van der Waals surface area contributed by atoms with Crippen LogP contribution in [0.5, 0.6) is 5.75 Å². The second-order valence-electron chi connectivity index (χ2n) is 4.85. The van der Waals surface area contributed by atoms with Crippen LogP contribution in [0.2, 0.25) is 0 Å². The number of rotatable bonds is 8. The number of carboxylic acids is 1. The normalized spacial score (nSPS) is 13.8. The number of hydrogen-bond acceptors (Lipinski definition) is 3. The Morgan fingerprint density at radius 1 is 1.32 bits per heavy atom. The number of hydrogen-bond donors (Lipinski definition) is 2. The Morgan fingerprint density at radius 3 is 2.42 bits per heavy atom. The number of ether oxygens (including phenoxy) is 1. The van der Waals surface area contributed by atoms with Gasteiger partial charge in [-0.3, -0.25) is 4.79 Å². The van der Waals surface area contributed by atoms with Gasteiger partial charge in [0.25, 0.3) is 0 Å². The first-order valence-corrected chi connectivity index (χ1v) is 6.64. The summed E-state index contributed by atoms with van der Waals surface area (Å²) in [4.78, 5) is 10.9. The summed E-state index contributed by atoms with van der Waals surface area (Å²) in [6.07, 6.45) is 2.27. The molecule has 4 nitrogen and oxygen atoms in total. The van der Waals surface area contributed by atoms with Crippen LogP contribution in [0.25, 0.3) is 0 Å². The molecule has 2 atom stereocenters. The molecule has 106 valence electrons. The monoisotopic (exact) mass is 266 g/mol. The smallest absolute Gasteiger partial charge is 0.313 e. The van der Waals surface area contributed by atoms with E-state index in [1.54, 1.807) is 24.3 Å². The quantitative estimate of drug-likeness (QED) is 0.759. The predicted octanol–water partition coefficient (Wildman–Crippen LogP) is 2.66. The van der Waals surface area contributed by atoms with Crippen LogP contribution in [0.3, 0.4) is 0 Å². The van der Waals surface area contributed by atoms with Crippen LogP contribution in [0, 0.1) is 5.92 Å². The highest BCUT2D eigenvalue weighted by atomic mass is 16.5. The molecular weight excluding hydrogens is 244 g/mol. The number of aliphatic carboxylic acids is 1. The zero-order valence-electron chi connectivity index (χ0n) is 11.5. The van der Waals surface area contributed by atoms with Crippen LogP contribution < -0.4 is 4.74 Å². The lowest BCUT2D eigenvalue weighted by Gasteiger charge is -2.13. The van der Waals surface area contributed by atoms with Gasteiger partial charge >= 0.3 is 5.97 Å². The zero-order valence-corrected chi connectivity index (χ0v) is 11.5. The summed E-state index contributed by atoms with van der Waals surface area (Å²) in [5.41, 5.74) is 0.587. The maximum atomic E-state index is 10.9. The van der Waals surface area contributed by atoms with E-state index in [0.717, 1.165) is 18.6 Å². The van der Waals surface area contributed by atoms with Gasteiger partial charge < -0.3 is 14.9 Å². The maximum Gasteiger partial charge on any atom is 0.313 e. The fourth-order valence-electron chi connectivity index (χ4n) is 1.94. The van der Waals surface area contributed by atoms with Gasteiger partial charge in [0.15, 0.2) is 0 Å². The number of aliphatic hydroxyl groups excluding tert-OH is 1. The van der Waals surface area contributed by atoms with E-state index in [2.05, 4.69) is 13.8 Å². The van der Waals surface area contributed by atoms with E-state index >= 15 is 0 Å². The van der Waals surface area contributed by atoms with Crippen molar-refractivity contribution in [2.75, 3.05) is 13.2 Å². The van der Waals surface area contributed by atoms with Crippen molar-refractivity contribution < 1.29 is 19.7 Å². The molecule has 0 radical (unpaired) electrons. The summed E-state index contributed by atoms with van der Waals surface area (Å²) in [5, 5.41) is 18.0. The van der Waals surface area contributed by atoms with E-state index in [1.807, 2.05) is 0 Å². The van der Waals surface area contributed by atoms with Gasteiger partial charge in [0.05, 0.1) is 13.2 Å². The van der Waals surface area contributed by atoms with Gasteiger partial charge in [-0.15, -0.1) is 0 Å². The van der Waals surface area contributed by atoms with Crippen LogP contribution in [0.4, 0.5) is 0 Å². The Morgan fingerprint density at radius 2 is 1.95 bits per heavy atom. The van der Waals surface area contributed by atoms with Crippen molar-refractivity contribution in [1.29, 1.82) is 0 Å². The lowest BCUT2D eigenvalue weighted by molar-refractivity contribution is -0.139. The molecule has 0 saturated carbocycles. The van der Waals surface area contributed by atoms with Crippen LogP contribution >= 0.6 is 0 Å². The summed E-state index contributed by atoms with van der Waals surface area (Å²) in [5.74, 6) is -0.650. The molecule has 0 aliphatic heterocycles. The van der Waals surface area contributed by atoms with Crippen molar-refractivity contribution >= 4 is 5.97 Å². The van der Waals surface area contributed by atoms with Crippen molar-refractivity contribution in [1.82, 2.24) is 0 Å². The standard InChI is InChI=1S/C15H22O4/c1-3-4-11(2)10-19-13-7-5-12(6-8-13)14(9-16)15(17)18/h5-8,11,14,16H,3-4,9-10H2,1-2H3,(H,17,18). The van der Waals surface area contributed by atoms with E-state index in [0.29, 0.717) is 18.1 Å². The number of carbonyl (C=O) groups is 1. The third-order valence-corrected chi connectivity index (χ3v) is 3.08. The molecule has 0 bridgehead atoms. The molecule has 0 fully saturated rings. The molecular formula is C15H22O4. The Labute approximate surface area is 114 Å². The largest absolute Gasteiger partial charge is 0.493 e. The van der Waals surface area contributed by atoms with Gasteiger partial charge in [-0.05, 0) is 30.0 Å². The first-order chi connectivity index (χ1) is 9.08. The Hall–Kier alpha value is -1.55. The van der Waals surface area contributed by atoms with Crippen molar-refractivity contribution in [3.63, 3.8) is 0 Å². The van der Waals surface area contributed by atoms with Gasteiger partial charge in [-0.2, -0.15) is 0 Å². The van der Waals surface area contributed by atoms with Crippen molar-refractivity contribution in [2.45, 2.75) is 32.6 Å². The SMILES string of the molecule is CCCC(C)COc1ccc(C(CO)C(=O)O)cc1. The van der Waals surface area contributed by atoms with Gasteiger partial charge in [0.2, 0.25) is 0 Å². The molecule has 1 rings (SSSR count). The van der Waals surface area contributed by atoms with E-state index in [-0.39, 0.29) is 0 Å². The van der Waals surface area contributed by atoms with E-state index in [9.17, 15) is 4.79 Å². The average Bonchev–Trinajstić information content (AvgIpc) is 2.38. The fourth-order valence-corrected chi connectivity index (χ4v) is 1.94. The summed E-state index contributed by atoms with van der Waals surface area (Å²) >= 11 is 0. The average molecular weight is 266 g/mol. The molecule has 0 spiro atoms. The lowest BCUT2D eigenvalue weighted by Crippen LogP contribution is -2.15. The van der Waals surface area contributed by atoms with Crippen LogP contribution in [-0.2, 0) is 4.79 Å². The summed E-state index contributed by atoms with van der Waals surface area (Å²) in [7, 11) is 0. The highest BCUT2D eigenvalue weighted by Crippen LogP contribution is 2.20. The molecule has 1 aromatic carbocycles. The Bertz CT molecular complexity index is 386. The Kier molecular flexibility index (Phi) is 6.36. The summed E-state index contributed by atoms with van der Waals surface area (Å²) in [6, 6.07) is 6.88. The number of benzene rings is 1. The van der Waals surface area contributed by atoms with E-state index in [4.69, 9.17) is 14.9 Å². The summed E-state index contributed by atoms with van der Waals surface area (Å²) < 4.78 is 5.64. The van der Waals surface area contributed by atoms with Crippen LogP contribution in [-0.4, -0.2) is 29.4 Å². The molecule has 4 heteroatoms. The van der Waals surface area contributed by atoms with Crippen LogP contribution in [0.15, 0.2) is 24.3 Å². The minimum atomic E-state index is -1.02. The molecule has 19 heavy (non-hydrogen) atoms. The fraction of sp³-hybridized carbons (Fsp3) is 0.533. The van der Waals surface area contributed by atoms with Crippen molar-refractivity contribution in [2.24, 2.45) is 5.92 Å². The van der Waals surface area contributed by atoms with E-state index < -0.39 is 18.5 Å². The zero-order chi connectivity index (χ0) is 14.3. The first-order valence-electron chi connectivity index (χ1n) is 6.64. The third kappa shape index (κ3) is 4.91. The molecule has 0 aliphatic carbocycles. The topological polar surface area (TPSA) is 66.8 Å². The molecule has 0 aromatic heterocycles. The second-order valence-corrected chi connectivity index (χ2v) is 4.85. The maximum absolute atomic E-state index is 10.9.